The van der Waals surface area contributed by atoms with E-state index in [9.17, 15) is 0 Å². The smallest absolute Gasteiger partial charge is 0.0724 e. The molecule has 0 saturated heterocycles. The van der Waals surface area contributed by atoms with Crippen LogP contribution in [0.1, 0.15) is 12.5 Å². The molecule has 0 saturated carbocycles. The molecular weight excluding hydrogens is 258 g/mol. The zero-order valence-electron chi connectivity index (χ0n) is 12.4. The Morgan fingerprint density at radius 3 is 2.52 bits per heavy atom. The van der Waals surface area contributed by atoms with Crippen molar-refractivity contribution in [3.05, 3.63) is 60.3 Å². The first kappa shape index (κ1) is 13.4. The minimum atomic E-state index is 0.766. The summed E-state index contributed by atoms with van der Waals surface area (Å²) in [4.78, 5) is 6.45. The van der Waals surface area contributed by atoms with Crippen LogP contribution in [0.5, 0.6) is 0 Å². The first-order chi connectivity index (χ1) is 10.2. The van der Waals surface area contributed by atoms with Gasteiger partial charge >= 0.3 is 0 Å². The zero-order chi connectivity index (χ0) is 14.8. The third kappa shape index (κ3) is 2.42. The maximum Gasteiger partial charge on any atom is 0.0724 e. The van der Waals surface area contributed by atoms with Crippen molar-refractivity contribution in [3.8, 4) is 0 Å². The lowest BCUT2D eigenvalue weighted by Crippen LogP contribution is -2.11. The fraction of sp³-hybridized carbons (Fsp3) is 0.167. The Balaban J connectivity index is 2.04. The van der Waals surface area contributed by atoms with Crippen LogP contribution in [-0.4, -0.2) is 12.0 Å². The van der Waals surface area contributed by atoms with E-state index in [0.717, 1.165) is 34.4 Å². The number of anilines is 3. The molecule has 1 aromatic heterocycles. The van der Waals surface area contributed by atoms with Crippen LogP contribution in [0.15, 0.2) is 54.7 Å². The number of nitrogen functional groups attached to an aromatic ring is 1. The first-order valence-corrected chi connectivity index (χ1v) is 7.16. The van der Waals surface area contributed by atoms with E-state index in [4.69, 9.17) is 5.73 Å². The maximum atomic E-state index is 6.33. The molecule has 3 rings (SSSR count). The van der Waals surface area contributed by atoms with Gasteiger partial charge in [0.2, 0.25) is 0 Å². The highest BCUT2D eigenvalue weighted by Crippen LogP contribution is 2.33. The molecule has 2 aromatic carbocycles. The van der Waals surface area contributed by atoms with Crippen LogP contribution >= 0.6 is 0 Å². The van der Waals surface area contributed by atoms with Gasteiger partial charge < -0.3 is 10.6 Å². The molecule has 0 spiro atoms. The van der Waals surface area contributed by atoms with Crippen molar-refractivity contribution in [1.82, 2.24) is 4.98 Å². The van der Waals surface area contributed by atoms with Crippen molar-refractivity contribution >= 4 is 28.0 Å². The molecule has 0 aliphatic rings. The van der Waals surface area contributed by atoms with E-state index in [-0.39, 0.29) is 0 Å². The molecule has 106 valence electrons. The van der Waals surface area contributed by atoms with Crippen molar-refractivity contribution in [2.24, 2.45) is 0 Å². The maximum absolute atomic E-state index is 6.33. The lowest BCUT2D eigenvalue weighted by molar-refractivity contribution is 1.13. The van der Waals surface area contributed by atoms with Gasteiger partial charge in [-0.1, -0.05) is 19.1 Å². The van der Waals surface area contributed by atoms with E-state index < -0.39 is 0 Å². The summed E-state index contributed by atoms with van der Waals surface area (Å²) in [5, 5.41) is 0.993. The number of hydrogen-bond acceptors (Lipinski definition) is 3. The summed E-state index contributed by atoms with van der Waals surface area (Å²) in [5.41, 5.74) is 11.5. The fourth-order valence-corrected chi connectivity index (χ4v) is 2.55. The van der Waals surface area contributed by atoms with Crippen molar-refractivity contribution in [2.45, 2.75) is 13.3 Å². The van der Waals surface area contributed by atoms with Gasteiger partial charge in [-0.05, 0) is 48.4 Å². The molecule has 2 N–H and O–H groups in total. The molecule has 0 bridgehead atoms. The molecule has 0 radical (unpaired) electrons. The standard InChI is InChI=1S/C18H19N3/c1-3-13-6-8-14(9-7-13)21(2)17-11-10-16-15(18(17)19)5-4-12-20-16/h4-12H,3,19H2,1-2H3. The Morgan fingerprint density at radius 1 is 1.05 bits per heavy atom. The van der Waals surface area contributed by atoms with Gasteiger partial charge in [0.05, 0.1) is 16.9 Å². The van der Waals surface area contributed by atoms with Gasteiger partial charge in [0.25, 0.3) is 0 Å². The second-order valence-electron chi connectivity index (χ2n) is 5.15. The minimum absolute atomic E-state index is 0.766. The molecular formula is C18H19N3. The van der Waals surface area contributed by atoms with E-state index in [0.29, 0.717) is 0 Å². The van der Waals surface area contributed by atoms with Crippen LogP contribution in [-0.2, 0) is 6.42 Å². The normalized spacial score (nSPS) is 10.8. The Bertz CT molecular complexity index is 763. The van der Waals surface area contributed by atoms with Crippen molar-refractivity contribution in [2.75, 3.05) is 17.7 Å². The number of nitrogens with zero attached hydrogens (tertiary/aromatic N) is 2. The highest BCUT2D eigenvalue weighted by atomic mass is 15.1. The molecule has 1 heterocycles. The van der Waals surface area contributed by atoms with Crippen LogP contribution in [0.4, 0.5) is 17.1 Å². The number of aryl methyl sites for hydroxylation is 1. The summed E-state index contributed by atoms with van der Waals surface area (Å²) in [6, 6.07) is 16.5. The van der Waals surface area contributed by atoms with E-state index >= 15 is 0 Å². The summed E-state index contributed by atoms with van der Waals surface area (Å²) < 4.78 is 0. The van der Waals surface area contributed by atoms with Gasteiger partial charge in [-0.15, -0.1) is 0 Å². The Morgan fingerprint density at radius 2 is 1.81 bits per heavy atom. The van der Waals surface area contributed by atoms with Gasteiger partial charge in [-0.3, -0.25) is 4.98 Å². The number of aromatic nitrogens is 1. The molecule has 0 atom stereocenters. The predicted molar refractivity (Wildman–Crippen MR) is 90.0 cm³/mol. The van der Waals surface area contributed by atoms with Crippen LogP contribution in [0.2, 0.25) is 0 Å². The number of fused-ring (bicyclic) bond motifs is 1. The van der Waals surface area contributed by atoms with Crippen LogP contribution in [0.25, 0.3) is 10.9 Å². The van der Waals surface area contributed by atoms with Crippen LogP contribution in [0.3, 0.4) is 0 Å². The quantitative estimate of drug-likeness (QED) is 0.731. The lowest BCUT2D eigenvalue weighted by Gasteiger charge is -2.22. The molecule has 3 nitrogen and oxygen atoms in total. The second-order valence-corrected chi connectivity index (χ2v) is 5.15. The number of pyridine rings is 1. The molecule has 0 fully saturated rings. The van der Waals surface area contributed by atoms with E-state index in [1.165, 1.54) is 5.56 Å². The summed E-state index contributed by atoms with van der Waals surface area (Å²) in [6.45, 7) is 2.16. The average Bonchev–Trinajstić information content (AvgIpc) is 2.55. The third-order valence-corrected chi connectivity index (χ3v) is 3.90. The van der Waals surface area contributed by atoms with Crippen molar-refractivity contribution < 1.29 is 0 Å². The zero-order valence-corrected chi connectivity index (χ0v) is 12.4. The number of rotatable bonds is 3. The lowest BCUT2D eigenvalue weighted by atomic mass is 10.1. The monoisotopic (exact) mass is 277 g/mol. The fourth-order valence-electron chi connectivity index (χ4n) is 2.55. The second kappa shape index (κ2) is 5.44. The van der Waals surface area contributed by atoms with Gasteiger partial charge in [-0.25, -0.2) is 0 Å². The molecule has 3 aromatic rings. The summed E-state index contributed by atoms with van der Waals surface area (Å²) in [5.74, 6) is 0. The van der Waals surface area contributed by atoms with Crippen molar-refractivity contribution in [1.29, 1.82) is 0 Å². The molecule has 0 amide bonds. The highest BCUT2D eigenvalue weighted by molar-refractivity contribution is 5.98. The molecule has 0 aliphatic heterocycles. The van der Waals surface area contributed by atoms with Crippen LogP contribution in [0, 0.1) is 0 Å². The Kier molecular flexibility index (Phi) is 3.48. The topological polar surface area (TPSA) is 42.2 Å². The Hall–Kier alpha value is -2.55. The first-order valence-electron chi connectivity index (χ1n) is 7.16. The van der Waals surface area contributed by atoms with E-state index in [1.54, 1.807) is 6.20 Å². The van der Waals surface area contributed by atoms with Crippen molar-refractivity contribution in [3.63, 3.8) is 0 Å². The SMILES string of the molecule is CCc1ccc(N(C)c2ccc3ncccc3c2N)cc1. The van der Waals surface area contributed by atoms with E-state index in [1.807, 2.05) is 31.3 Å². The van der Waals surface area contributed by atoms with Crippen LogP contribution < -0.4 is 10.6 Å². The predicted octanol–water partition coefficient (Wildman–Crippen LogP) is 4.15. The largest absolute Gasteiger partial charge is 0.396 e. The summed E-state index contributed by atoms with van der Waals surface area (Å²) >= 11 is 0. The number of nitrogens with two attached hydrogens (primary N) is 1. The van der Waals surface area contributed by atoms with Gasteiger partial charge in [0.1, 0.15) is 0 Å². The minimum Gasteiger partial charge on any atom is -0.396 e. The van der Waals surface area contributed by atoms with Gasteiger partial charge in [-0.2, -0.15) is 0 Å². The summed E-state index contributed by atoms with van der Waals surface area (Å²) in [7, 11) is 2.04. The van der Waals surface area contributed by atoms with Gasteiger partial charge in [0.15, 0.2) is 0 Å². The molecule has 0 unspecified atom stereocenters. The molecule has 0 aliphatic carbocycles. The average molecular weight is 277 g/mol. The van der Waals surface area contributed by atoms with E-state index in [2.05, 4.69) is 41.1 Å². The molecule has 21 heavy (non-hydrogen) atoms. The Labute approximate surface area is 125 Å². The van der Waals surface area contributed by atoms with Gasteiger partial charge in [0, 0.05) is 24.3 Å². The third-order valence-electron chi connectivity index (χ3n) is 3.90. The molecule has 3 heteroatoms. The number of benzene rings is 2. The summed E-state index contributed by atoms with van der Waals surface area (Å²) in [6.07, 6.45) is 2.84. The highest BCUT2D eigenvalue weighted by Gasteiger charge is 2.10. The number of hydrogen-bond donors (Lipinski definition) is 1.